The molecule has 0 atom stereocenters. The molecule has 0 unspecified atom stereocenters. The molecule has 2 rings (SSSR count). The molecule has 0 radical (unpaired) electrons. The SMILES string of the molecule is Cn1c(=O)oc2cc(CCNC(N)=O)ccc21. The number of hydrogen-bond acceptors (Lipinski definition) is 3. The lowest BCUT2D eigenvalue weighted by atomic mass is 10.1. The van der Waals surface area contributed by atoms with Gasteiger partial charge in [0.2, 0.25) is 0 Å². The second kappa shape index (κ2) is 4.32. The van der Waals surface area contributed by atoms with Gasteiger partial charge in [-0.15, -0.1) is 0 Å². The molecule has 1 aromatic heterocycles. The largest absolute Gasteiger partial charge is 0.419 e. The van der Waals surface area contributed by atoms with Gasteiger partial charge in [0.1, 0.15) is 0 Å². The summed E-state index contributed by atoms with van der Waals surface area (Å²) < 4.78 is 6.51. The van der Waals surface area contributed by atoms with Crippen LogP contribution in [0.15, 0.2) is 27.4 Å². The number of nitrogens with one attached hydrogen (secondary N) is 1. The number of urea groups is 1. The maximum atomic E-state index is 11.3. The highest BCUT2D eigenvalue weighted by molar-refractivity contribution is 5.74. The Morgan fingerprint density at radius 3 is 3.00 bits per heavy atom. The van der Waals surface area contributed by atoms with Gasteiger partial charge in [-0.25, -0.2) is 9.59 Å². The van der Waals surface area contributed by atoms with Crippen LogP contribution in [0.2, 0.25) is 0 Å². The summed E-state index contributed by atoms with van der Waals surface area (Å²) in [7, 11) is 1.66. The van der Waals surface area contributed by atoms with Crippen LogP contribution in [0.3, 0.4) is 0 Å². The van der Waals surface area contributed by atoms with E-state index in [-0.39, 0.29) is 5.76 Å². The summed E-state index contributed by atoms with van der Waals surface area (Å²) in [5.41, 5.74) is 7.23. The van der Waals surface area contributed by atoms with Crippen LogP contribution >= 0.6 is 0 Å². The first-order valence-corrected chi connectivity index (χ1v) is 5.19. The van der Waals surface area contributed by atoms with E-state index in [1.807, 2.05) is 12.1 Å². The summed E-state index contributed by atoms with van der Waals surface area (Å²) in [6.07, 6.45) is 0.636. The van der Waals surface area contributed by atoms with Gasteiger partial charge in [-0.3, -0.25) is 4.57 Å². The highest BCUT2D eigenvalue weighted by Crippen LogP contribution is 2.14. The van der Waals surface area contributed by atoms with Crippen molar-refractivity contribution < 1.29 is 9.21 Å². The van der Waals surface area contributed by atoms with Crippen LogP contribution in [0.4, 0.5) is 4.79 Å². The van der Waals surface area contributed by atoms with E-state index in [0.29, 0.717) is 18.5 Å². The van der Waals surface area contributed by atoms with Crippen molar-refractivity contribution in [3.05, 3.63) is 34.3 Å². The molecule has 0 aliphatic heterocycles. The van der Waals surface area contributed by atoms with Crippen molar-refractivity contribution in [3.8, 4) is 0 Å². The number of primary amides is 1. The average molecular weight is 235 g/mol. The highest BCUT2D eigenvalue weighted by Gasteiger charge is 2.06. The Kier molecular flexibility index (Phi) is 2.86. The van der Waals surface area contributed by atoms with E-state index in [0.717, 1.165) is 11.1 Å². The zero-order valence-corrected chi connectivity index (χ0v) is 9.40. The number of nitrogens with zero attached hydrogens (tertiary/aromatic N) is 1. The van der Waals surface area contributed by atoms with E-state index in [1.54, 1.807) is 13.1 Å². The Bertz CT molecular complexity index is 612. The van der Waals surface area contributed by atoms with Crippen LogP contribution in [0.1, 0.15) is 5.56 Å². The molecule has 1 heterocycles. The molecule has 0 aliphatic rings. The number of rotatable bonds is 3. The lowest BCUT2D eigenvalue weighted by molar-refractivity contribution is 0.249. The fraction of sp³-hybridized carbons (Fsp3) is 0.273. The molecule has 0 aliphatic carbocycles. The predicted molar refractivity (Wildman–Crippen MR) is 62.7 cm³/mol. The third kappa shape index (κ3) is 2.30. The average Bonchev–Trinajstić information content (AvgIpc) is 2.54. The van der Waals surface area contributed by atoms with E-state index in [2.05, 4.69) is 5.32 Å². The van der Waals surface area contributed by atoms with Crippen LogP contribution in [-0.2, 0) is 13.5 Å². The number of benzene rings is 1. The van der Waals surface area contributed by atoms with Gasteiger partial charge in [0.15, 0.2) is 5.58 Å². The van der Waals surface area contributed by atoms with Crippen LogP contribution < -0.4 is 16.8 Å². The quantitative estimate of drug-likeness (QED) is 0.803. The number of oxazole rings is 1. The first-order chi connectivity index (χ1) is 8.08. The third-order valence-corrected chi connectivity index (χ3v) is 2.57. The molecular weight excluding hydrogens is 222 g/mol. The number of amides is 2. The fourth-order valence-electron chi connectivity index (χ4n) is 1.66. The van der Waals surface area contributed by atoms with Crippen LogP contribution in [-0.4, -0.2) is 17.1 Å². The van der Waals surface area contributed by atoms with Gasteiger partial charge >= 0.3 is 11.8 Å². The predicted octanol–water partition coefficient (Wildman–Crippen LogP) is 0.342. The molecule has 0 saturated heterocycles. The molecule has 6 nitrogen and oxygen atoms in total. The van der Waals surface area contributed by atoms with Crippen LogP contribution in [0.5, 0.6) is 0 Å². The minimum atomic E-state index is -0.544. The normalized spacial score (nSPS) is 10.6. The maximum Gasteiger partial charge on any atom is 0.419 e. The summed E-state index contributed by atoms with van der Waals surface area (Å²) in [6.45, 7) is 0.456. The van der Waals surface area contributed by atoms with Crippen molar-refractivity contribution in [2.24, 2.45) is 12.8 Å². The molecule has 0 spiro atoms. The van der Waals surface area contributed by atoms with E-state index >= 15 is 0 Å². The first-order valence-electron chi connectivity index (χ1n) is 5.19. The second-order valence-electron chi connectivity index (χ2n) is 3.77. The van der Waals surface area contributed by atoms with E-state index < -0.39 is 6.03 Å². The number of aromatic nitrogens is 1. The lowest BCUT2D eigenvalue weighted by Gasteiger charge is -2.02. The van der Waals surface area contributed by atoms with Gasteiger partial charge in [0, 0.05) is 13.6 Å². The van der Waals surface area contributed by atoms with Crippen molar-refractivity contribution in [3.63, 3.8) is 0 Å². The molecule has 6 heteroatoms. The summed E-state index contributed by atoms with van der Waals surface area (Å²) in [4.78, 5) is 21.8. The van der Waals surface area contributed by atoms with Gasteiger partial charge in [0.05, 0.1) is 5.52 Å². The summed E-state index contributed by atoms with van der Waals surface area (Å²) in [6, 6.07) is 4.96. The van der Waals surface area contributed by atoms with Crippen molar-refractivity contribution in [1.29, 1.82) is 0 Å². The van der Waals surface area contributed by atoms with Gasteiger partial charge in [0.25, 0.3) is 0 Å². The molecule has 17 heavy (non-hydrogen) atoms. The second-order valence-corrected chi connectivity index (χ2v) is 3.77. The van der Waals surface area contributed by atoms with Crippen molar-refractivity contribution in [2.45, 2.75) is 6.42 Å². The number of fused-ring (bicyclic) bond motifs is 1. The van der Waals surface area contributed by atoms with Crippen molar-refractivity contribution in [1.82, 2.24) is 9.88 Å². The molecule has 1 aromatic carbocycles. The van der Waals surface area contributed by atoms with Gasteiger partial charge in [-0.2, -0.15) is 0 Å². The molecule has 2 aromatic rings. The van der Waals surface area contributed by atoms with E-state index in [9.17, 15) is 9.59 Å². The number of nitrogens with two attached hydrogens (primary N) is 1. The minimum absolute atomic E-state index is 0.382. The number of hydrogen-bond donors (Lipinski definition) is 2. The lowest BCUT2D eigenvalue weighted by Crippen LogP contribution is -2.30. The maximum absolute atomic E-state index is 11.3. The first kappa shape index (κ1) is 11.3. The highest BCUT2D eigenvalue weighted by atomic mass is 16.4. The zero-order valence-electron chi connectivity index (χ0n) is 9.40. The van der Waals surface area contributed by atoms with E-state index in [4.69, 9.17) is 10.2 Å². The van der Waals surface area contributed by atoms with Gasteiger partial charge in [-0.05, 0) is 24.1 Å². The van der Waals surface area contributed by atoms with Gasteiger partial charge < -0.3 is 15.5 Å². The third-order valence-electron chi connectivity index (χ3n) is 2.57. The van der Waals surface area contributed by atoms with Crippen LogP contribution in [0.25, 0.3) is 11.1 Å². The molecule has 0 bridgehead atoms. The Hall–Kier alpha value is -2.24. The summed E-state index contributed by atoms with van der Waals surface area (Å²) in [5.74, 6) is -0.382. The van der Waals surface area contributed by atoms with Crippen LogP contribution in [0, 0.1) is 0 Å². The Morgan fingerprint density at radius 2 is 2.29 bits per heavy atom. The minimum Gasteiger partial charge on any atom is -0.408 e. The number of carbonyl (C=O) groups is 1. The molecule has 2 amide bonds. The van der Waals surface area contributed by atoms with E-state index in [1.165, 1.54) is 4.57 Å². The Balaban J connectivity index is 2.20. The summed E-state index contributed by atoms with van der Waals surface area (Å²) >= 11 is 0. The molecular formula is C11H13N3O3. The standard InChI is InChI=1S/C11H13N3O3/c1-14-8-3-2-7(4-5-13-10(12)15)6-9(8)17-11(14)16/h2-3,6H,4-5H2,1H3,(H3,12,13,15). The fourth-order valence-corrected chi connectivity index (χ4v) is 1.66. The number of aryl methyl sites for hydroxylation is 1. The smallest absolute Gasteiger partial charge is 0.408 e. The summed E-state index contributed by atoms with van der Waals surface area (Å²) in [5, 5.41) is 2.50. The van der Waals surface area contributed by atoms with Gasteiger partial charge in [-0.1, -0.05) is 6.07 Å². The molecule has 3 N–H and O–H groups in total. The Labute approximate surface area is 97.0 Å². The molecule has 0 saturated carbocycles. The molecule has 0 fully saturated rings. The monoisotopic (exact) mass is 235 g/mol. The number of carbonyl (C=O) groups excluding carboxylic acids is 1. The zero-order chi connectivity index (χ0) is 12.4. The van der Waals surface area contributed by atoms with Crippen molar-refractivity contribution in [2.75, 3.05) is 6.54 Å². The topological polar surface area (TPSA) is 90.3 Å². The molecule has 90 valence electrons. The Morgan fingerprint density at radius 1 is 1.53 bits per heavy atom. The van der Waals surface area contributed by atoms with Crippen molar-refractivity contribution >= 4 is 17.1 Å².